The molecule has 1 heterocycles. The minimum atomic E-state index is -3.52. The average Bonchev–Trinajstić information content (AvgIpc) is 3.06. The lowest BCUT2D eigenvalue weighted by atomic mass is 10.0. The first kappa shape index (κ1) is 38.3. The van der Waals surface area contributed by atoms with Crippen molar-refractivity contribution < 1.29 is 33.3 Å². The number of unbranched alkanes of at least 4 members (excludes halogenated alkanes) is 8. The summed E-state index contributed by atoms with van der Waals surface area (Å²) in [6, 6.07) is 16.9. The summed E-state index contributed by atoms with van der Waals surface area (Å²) >= 11 is 6.09. The number of aliphatic hydroxyl groups is 1. The number of sulfonamides is 1. The van der Waals surface area contributed by atoms with Gasteiger partial charge in [0, 0.05) is 18.7 Å². The highest BCUT2D eigenvalue weighted by Crippen LogP contribution is 2.34. The fraction of sp³-hybridized carbons (Fsp3) is 0.486. The molecule has 0 aliphatic carbocycles. The molecule has 3 aromatic rings. The molecule has 0 unspecified atom stereocenters. The van der Waals surface area contributed by atoms with Crippen LogP contribution in [-0.4, -0.2) is 66.7 Å². The van der Waals surface area contributed by atoms with E-state index in [1.807, 2.05) is 24.3 Å². The number of ether oxygens (including phenoxy) is 1. The third kappa shape index (κ3) is 13.0. The second kappa shape index (κ2) is 19.0. The molecule has 1 fully saturated rings. The molecule has 12 heteroatoms. The summed E-state index contributed by atoms with van der Waals surface area (Å²) in [6.07, 6.45) is 12.2. The van der Waals surface area contributed by atoms with E-state index in [0.29, 0.717) is 17.7 Å². The molecule has 1 aliphatic rings. The number of amides is 1. The molecule has 0 bridgehead atoms. The molecule has 0 radical (unpaired) electrons. The van der Waals surface area contributed by atoms with E-state index in [9.17, 15) is 28.5 Å². The second-order valence-corrected chi connectivity index (χ2v) is 15.1. The van der Waals surface area contributed by atoms with Crippen molar-refractivity contribution in [1.82, 2.24) is 4.90 Å². The number of hydrogen-bond donors (Lipinski definition) is 5. The Hall–Kier alpha value is -3.51. The Morgan fingerprint density at radius 1 is 0.878 bits per heavy atom. The summed E-state index contributed by atoms with van der Waals surface area (Å²) in [7, 11) is -3.52. The smallest absolute Gasteiger partial charge is 0.411 e. The predicted molar refractivity (Wildman–Crippen MR) is 196 cm³/mol. The van der Waals surface area contributed by atoms with Crippen molar-refractivity contribution in [3.8, 4) is 22.6 Å². The van der Waals surface area contributed by atoms with Gasteiger partial charge in [0.25, 0.3) is 0 Å². The minimum absolute atomic E-state index is 0.00910. The molecular formula is C37H50ClN3O7S. The predicted octanol–water partition coefficient (Wildman–Crippen LogP) is 8.44. The third-order valence-electron chi connectivity index (χ3n) is 8.88. The number of phenols is 2. The Labute approximate surface area is 295 Å². The van der Waals surface area contributed by atoms with Crippen LogP contribution in [0, 0.1) is 0 Å². The van der Waals surface area contributed by atoms with E-state index in [4.69, 9.17) is 16.3 Å². The zero-order valence-electron chi connectivity index (χ0n) is 28.2. The first-order valence-electron chi connectivity index (χ1n) is 17.2. The van der Waals surface area contributed by atoms with Crippen LogP contribution in [0.1, 0.15) is 88.7 Å². The van der Waals surface area contributed by atoms with E-state index in [0.717, 1.165) is 69.1 Å². The molecule has 0 spiro atoms. The maximum atomic E-state index is 12.7. The number of likely N-dealkylation sites (tertiary alicyclic amines) is 1. The lowest BCUT2D eigenvalue weighted by Gasteiger charge is -2.31. The molecular weight excluding hydrogens is 666 g/mol. The van der Waals surface area contributed by atoms with E-state index in [2.05, 4.69) is 14.9 Å². The Morgan fingerprint density at radius 2 is 1.51 bits per heavy atom. The number of carbonyl (C=O) groups excluding carboxylic acids is 1. The Balaban J connectivity index is 1.01. The van der Waals surface area contributed by atoms with Gasteiger partial charge in [0.15, 0.2) is 0 Å². The zero-order valence-corrected chi connectivity index (χ0v) is 29.8. The van der Waals surface area contributed by atoms with Gasteiger partial charge in [-0.05, 0) is 73.7 Å². The lowest BCUT2D eigenvalue weighted by molar-refractivity contribution is 0.0584. The molecule has 1 saturated heterocycles. The maximum absolute atomic E-state index is 12.7. The van der Waals surface area contributed by atoms with Crippen LogP contribution in [0.3, 0.4) is 0 Å². The normalized spacial score (nSPS) is 14.8. The number of carbonyl (C=O) groups is 1. The number of aromatic hydroxyl groups is 2. The van der Waals surface area contributed by atoms with Crippen molar-refractivity contribution in [2.45, 2.75) is 89.3 Å². The van der Waals surface area contributed by atoms with Gasteiger partial charge in [-0.3, -0.25) is 10.0 Å². The Kier molecular flexibility index (Phi) is 14.9. The van der Waals surface area contributed by atoms with Crippen LogP contribution in [0.5, 0.6) is 11.5 Å². The van der Waals surface area contributed by atoms with Crippen molar-refractivity contribution in [2.75, 3.05) is 35.9 Å². The summed E-state index contributed by atoms with van der Waals surface area (Å²) in [5.74, 6) is -0.163. The number of nitrogens with zero attached hydrogens (tertiary/aromatic N) is 1. The van der Waals surface area contributed by atoms with Crippen LogP contribution in [0.15, 0.2) is 60.7 Å². The molecule has 268 valence electrons. The van der Waals surface area contributed by atoms with Crippen LogP contribution in [0.25, 0.3) is 11.1 Å². The van der Waals surface area contributed by atoms with Gasteiger partial charge >= 0.3 is 6.09 Å². The van der Waals surface area contributed by atoms with Gasteiger partial charge < -0.3 is 25.0 Å². The molecule has 1 atom stereocenters. The van der Waals surface area contributed by atoms with Crippen molar-refractivity contribution in [1.29, 1.82) is 0 Å². The summed E-state index contributed by atoms with van der Waals surface area (Å²) < 4.78 is 31.0. The van der Waals surface area contributed by atoms with Gasteiger partial charge in [0.2, 0.25) is 10.0 Å². The van der Waals surface area contributed by atoms with Gasteiger partial charge in [-0.2, -0.15) is 0 Å². The van der Waals surface area contributed by atoms with Crippen molar-refractivity contribution in [3.63, 3.8) is 0 Å². The first-order chi connectivity index (χ1) is 23.5. The molecule has 10 nitrogen and oxygen atoms in total. The van der Waals surface area contributed by atoms with Crippen molar-refractivity contribution >= 4 is 39.1 Å². The average molecular weight is 716 g/mol. The Morgan fingerprint density at radius 3 is 2.18 bits per heavy atom. The van der Waals surface area contributed by atoms with Gasteiger partial charge in [-0.1, -0.05) is 93.3 Å². The van der Waals surface area contributed by atoms with Crippen LogP contribution < -0.4 is 10.0 Å². The minimum Gasteiger partial charge on any atom is -0.506 e. The second-order valence-electron chi connectivity index (χ2n) is 12.9. The SMILES string of the molecule is CS(=O)(=O)Nc1cc([C@@H](O)CCCCCCCCCCCN2CCC(OC(=O)Nc3ccccc3-c3ccc(O)c(Cl)c3)CC2)ccc1O. The number of benzene rings is 3. The number of anilines is 2. The molecule has 1 aliphatic heterocycles. The number of para-hydroxylation sites is 1. The Bertz CT molecular complexity index is 1610. The maximum Gasteiger partial charge on any atom is 0.411 e. The summed E-state index contributed by atoms with van der Waals surface area (Å²) in [5, 5.41) is 33.3. The number of aliphatic hydroxyl groups excluding tert-OH is 1. The van der Waals surface area contributed by atoms with E-state index < -0.39 is 22.2 Å². The zero-order chi connectivity index (χ0) is 35.2. The highest BCUT2D eigenvalue weighted by Gasteiger charge is 2.22. The summed E-state index contributed by atoms with van der Waals surface area (Å²) in [5.41, 5.74) is 2.86. The number of nitrogens with one attached hydrogen (secondary N) is 2. The third-order valence-corrected chi connectivity index (χ3v) is 9.78. The molecule has 5 N–H and O–H groups in total. The van der Waals surface area contributed by atoms with Gasteiger partial charge in [-0.15, -0.1) is 0 Å². The lowest BCUT2D eigenvalue weighted by Crippen LogP contribution is -2.38. The van der Waals surface area contributed by atoms with E-state index >= 15 is 0 Å². The van der Waals surface area contributed by atoms with Crippen molar-refractivity contribution in [2.24, 2.45) is 0 Å². The topological polar surface area (TPSA) is 148 Å². The largest absolute Gasteiger partial charge is 0.506 e. The van der Waals surface area contributed by atoms with Crippen LogP contribution in [0.4, 0.5) is 16.2 Å². The van der Waals surface area contributed by atoms with Gasteiger partial charge in [0.05, 0.1) is 28.8 Å². The highest BCUT2D eigenvalue weighted by atomic mass is 35.5. The van der Waals surface area contributed by atoms with Gasteiger partial charge in [-0.25, -0.2) is 13.2 Å². The number of piperidine rings is 1. The monoisotopic (exact) mass is 715 g/mol. The van der Waals surface area contributed by atoms with Gasteiger partial charge in [0.1, 0.15) is 17.6 Å². The molecule has 49 heavy (non-hydrogen) atoms. The number of hydrogen-bond acceptors (Lipinski definition) is 8. The van der Waals surface area contributed by atoms with E-state index in [-0.39, 0.29) is 28.3 Å². The molecule has 3 aromatic carbocycles. The molecule has 4 rings (SSSR count). The van der Waals surface area contributed by atoms with Crippen LogP contribution in [0.2, 0.25) is 5.02 Å². The van der Waals surface area contributed by atoms with E-state index in [1.165, 1.54) is 56.7 Å². The number of halogens is 1. The fourth-order valence-corrected chi connectivity index (χ4v) is 6.92. The summed E-state index contributed by atoms with van der Waals surface area (Å²) in [6.45, 7) is 2.90. The first-order valence-corrected chi connectivity index (χ1v) is 19.5. The quantitative estimate of drug-likeness (QED) is 0.0651. The molecule has 0 aromatic heterocycles. The van der Waals surface area contributed by atoms with E-state index in [1.54, 1.807) is 18.2 Å². The summed E-state index contributed by atoms with van der Waals surface area (Å²) in [4.78, 5) is 15.2. The van der Waals surface area contributed by atoms with Crippen LogP contribution in [-0.2, 0) is 14.8 Å². The molecule has 1 amide bonds. The van der Waals surface area contributed by atoms with Crippen LogP contribution >= 0.6 is 11.6 Å². The standard InChI is InChI=1S/C37H50ClN3O7S/c1-49(46,47)40-33-26-28(17-19-36(33)44)34(42)15-9-7-5-3-2-4-6-8-12-22-41-23-20-29(21-24-41)48-37(45)39-32-14-11-10-13-30(32)27-16-18-35(43)31(38)25-27/h10-11,13-14,16-19,25-26,29,34,40,42-44H,2-9,12,15,20-24H2,1H3,(H,39,45)/t34-/m0/s1. The number of phenolic OH excluding ortho intramolecular Hbond substituents is 2. The van der Waals surface area contributed by atoms with Crippen molar-refractivity contribution in [3.05, 3.63) is 71.2 Å². The number of rotatable bonds is 18. The molecule has 0 saturated carbocycles. The highest BCUT2D eigenvalue weighted by molar-refractivity contribution is 7.92. The fourth-order valence-electron chi connectivity index (χ4n) is 6.18.